The van der Waals surface area contributed by atoms with E-state index >= 15 is 0 Å². The zero-order valence-electron chi connectivity index (χ0n) is 10.3. The average molecular weight is 261 g/mol. The van der Waals surface area contributed by atoms with Crippen LogP contribution >= 0.6 is 0 Å². The number of carbonyl (C=O) groups excluding carboxylic acids is 1. The summed E-state index contributed by atoms with van der Waals surface area (Å²) in [6.45, 7) is 1.65. The molecular weight excluding hydrogens is 248 g/mol. The molecule has 0 spiro atoms. The molecular formula is C13H13N2O4-. The highest BCUT2D eigenvalue weighted by atomic mass is 16.4. The standard InChI is InChI=1S/C13H14N2O4/c1-8-11(6-7-16)12(17)15(14-8)10-4-2-9(3-5-10)13(18)19/h2-5,14,16H,6-7H2,1H3,(H,18,19)/p-1. The van der Waals surface area contributed by atoms with E-state index in [1.54, 1.807) is 6.92 Å². The van der Waals surface area contributed by atoms with E-state index in [0.29, 0.717) is 16.9 Å². The number of benzene rings is 1. The fourth-order valence-electron chi connectivity index (χ4n) is 1.92. The lowest BCUT2D eigenvalue weighted by molar-refractivity contribution is -0.255. The second kappa shape index (κ2) is 5.11. The third kappa shape index (κ3) is 2.43. The van der Waals surface area contributed by atoms with E-state index in [1.807, 2.05) is 0 Å². The number of aliphatic hydroxyl groups is 1. The van der Waals surface area contributed by atoms with E-state index in [4.69, 9.17) is 5.11 Å². The molecule has 0 unspecified atom stereocenters. The Balaban J connectivity index is 2.45. The second-order valence-corrected chi connectivity index (χ2v) is 4.16. The van der Waals surface area contributed by atoms with Crippen LogP contribution in [0.15, 0.2) is 29.1 Å². The minimum absolute atomic E-state index is 0.0515. The van der Waals surface area contributed by atoms with Crippen molar-refractivity contribution >= 4 is 5.97 Å². The van der Waals surface area contributed by atoms with Crippen LogP contribution < -0.4 is 10.7 Å². The third-order valence-corrected chi connectivity index (χ3v) is 2.92. The molecule has 0 fully saturated rings. The first-order valence-corrected chi connectivity index (χ1v) is 5.77. The summed E-state index contributed by atoms with van der Waals surface area (Å²) in [6.07, 6.45) is 0.283. The van der Waals surface area contributed by atoms with Gasteiger partial charge >= 0.3 is 0 Å². The molecule has 0 radical (unpaired) electrons. The Morgan fingerprint density at radius 3 is 2.53 bits per heavy atom. The van der Waals surface area contributed by atoms with Gasteiger partial charge in [-0.05, 0) is 24.6 Å². The summed E-state index contributed by atoms with van der Waals surface area (Å²) in [7, 11) is 0. The molecule has 100 valence electrons. The fourth-order valence-corrected chi connectivity index (χ4v) is 1.92. The topological polar surface area (TPSA) is 98.1 Å². The first-order chi connectivity index (χ1) is 9.04. The number of nitrogens with one attached hydrogen (secondary N) is 1. The fraction of sp³-hybridized carbons (Fsp3) is 0.231. The summed E-state index contributed by atoms with van der Waals surface area (Å²) in [5.41, 5.74) is 1.54. The van der Waals surface area contributed by atoms with Crippen LogP contribution in [0.3, 0.4) is 0 Å². The number of carboxylic acid groups (broad SMARTS) is 1. The van der Waals surface area contributed by atoms with E-state index in [1.165, 1.54) is 28.9 Å². The number of hydrogen-bond acceptors (Lipinski definition) is 4. The molecule has 1 aromatic carbocycles. The van der Waals surface area contributed by atoms with Crippen molar-refractivity contribution in [2.24, 2.45) is 0 Å². The molecule has 1 heterocycles. The van der Waals surface area contributed by atoms with Crippen LogP contribution in [0.2, 0.25) is 0 Å². The van der Waals surface area contributed by atoms with Gasteiger partial charge in [0.2, 0.25) is 0 Å². The second-order valence-electron chi connectivity index (χ2n) is 4.16. The van der Waals surface area contributed by atoms with Gasteiger partial charge in [0.05, 0.1) is 11.7 Å². The van der Waals surface area contributed by atoms with Gasteiger partial charge in [-0.25, -0.2) is 4.68 Å². The Kier molecular flexibility index (Phi) is 3.52. The number of aliphatic hydroxyl groups excluding tert-OH is 1. The maximum Gasteiger partial charge on any atom is 0.274 e. The van der Waals surface area contributed by atoms with Gasteiger partial charge in [-0.3, -0.25) is 9.89 Å². The number of aromatic amines is 1. The highest BCUT2D eigenvalue weighted by molar-refractivity contribution is 5.85. The molecule has 2 aromatic rings. The van der Waals surface area contributed by atoms with Gasteiger partial charge in [0.25, 0.3) is 5.56 Å². The molecule has 0 aliphatic rings. The van der Waals surface area contributed by atoms with Crippen molar-refractivity contribution in [1.82, 2.24) is 9.78 Å². The molecule has 6 heteroatoms. The highest BCUT2D eigenvalue weighted by Gasteiger charge is 2.11. The Labute approximate surface area is 108 Å². The Morgan fingerprint density at radius 2 is 2.00 bits per heavy atom. The summed E-state index contributed by atoms with van der Waals surface area (Å²) in [6, 6.07) is 5.79. The predicted octanol–water partition coefficient (Wildman–Crippen LogP) is -0.628. The van der Waals surface area contributed by atoms with E-state index < -0.39 is 5.97 Å². The van der Waals surface area contributed by atoms with Gasteiger partial charge in [-0.15, -0.1) is 0 Å². The molecule has 0 atom stereocenters. The van der Waals surface area contributed by atoms with Crippen molar-refractivity contribution in [3.63, 3.8) is 0 Å². The normalized spacial score (nSPS) is 10.6. The number of H-pyrrole nitrogens is 1. The van der Waals surface area contributed by atoms with Gasteiger partial charge < -0.3 is 15.0 Å². The van der Waals surface area contributed by atoms with E-state index in [0.717, 1.165) is 0 Å². The third-order valence-electron chi connectivity index (χ3n) is 2.92. The zero-order valence-corrected chi connectivity index (χ0v) is 10.3. The lowest BCUT2D eigenvalue weighted by atomic mass is 10.2. The number of rotatable bonds is 4. The van der Waals surface area contributed by atoms with Crippen LogP contribution in [0.25, 0.3) is 5.69 Å². The molecule has 0 aliphatic heterocycles. The van der Waals surface area contributed by atoms with Crippen LogP contribution in [-0.2, 0) is 6.42 Å². The number of nitrogens with zero attached hydrogens (tertiary/aromatic N) is 1. The average Bonchev–Trinajstić information content (AvgIpc) is 2.67. The van der Waals surface area contributed by atoms with Gasteiger partial charge in [0, 0.05) is 24.3 Å². The molecule has 2 rings (SSSR count). The summed E-state index contributed by atoms with van der Waals surface area (Å²) < 4.78 is 1.32. The van der Waals surface area contributed by atoms with Crippen molar-refractivity contribution in [1.29, 1.82) is 0 Å². The molecule has 2 N–H and O–H groups in total. The number of carboxylic acids is 1. The maximum absolute atomic E-state index is 12.1. The van der Waals surface area contributed by atoms with Crippen LogP contribution in [0.1, 0.15) is 21.6 Å². The SMILES string of the molecule is Cc1[nH]n(-c2ccc(C(=O)[O-])cc2)c(=O)c1CCO. The van der Waals surface area contributed by atoms with Crippen molar-refractivity contribution < 1.29 is 15.0 Å². The number of aryl methyl sites for hydroxylation is 1. The number of aromatic nitrogens is 2. The van der Waals surface area contributed by atoms with Crippen molar-refractivity contribution in [2.45, 2.75) is 13.3 Å². The molecule has 19 heavy (non-hydrogen) atoms. The van der Waals surface area contributed by atoms with E-state index in [2.05, 4.69) is 5.10 Å². The van der Waals surface area contributed by atoms with Crippen molar-refractivity contribution in [3.8, 4) is 5.69 Å². The van der Waals surface area contributed by atoms with E-state index in [9.17, 15) is 14.7 Å². The summed E-state index contributed by atoms with van der Waals surface area (Å²) in [4.78, 5) is 22.7. The first kappa shape index (κ1) is 13.1. The van der Waals surface area contributed by atoms with Crippen molar-refractivity contribution in [3.05, 3.63) is 51.4 Å². The Morgan fingerprint density at radius 1 is 1.37 bits per heavy atom. The smallest absolute Gasteiger partial charge is 0.274 e. The largest absolute Gasteiger partial charge is 0.545 e. The molecule has 1 aromatic heterocycles. The Bertz CT molecular complexity index is 652. The number of hydrogen-bond donors (Lipinski definition) is 2. The molecule has 0 amide bonds. The lowest BCUT2D eigenvalue weighted by Crippen LogP contribution is -2.22. The van der Waals surface area contributed by atoms with Crippen LogP contribution in [0.4, 0.5) is 0 Å². The van der Waals surface area contributed by atoms with Gasteiger partial charge in [0.1, 0.15) is 0 Å². The summed E-state index contributed by atoms with van der Waals surface area (Å²) >= 11 is 0. The number of carbonyl (C=O) groups is 1. The summed E-state index contributed by atoms with van der Waals surface area (Å²) in [5.74, 6) is -1.26. The Hall–Kier alpha value is -2.34. The van der Waals surface area contributed by atoms with Crippen LogP contribution in [-0.4, -0.2) is 27.5 Å². The van der Waals surface area contributed by atoms with Crippen LogP contribution in [0, 0.1) is 6.92 Å². The lowest BCUT2D eigenvalue weighted by Gasteiger charge is -2.04. The maximum atomic E-state index is 12.1. The van der Waals surface area contributed by atoms with Gasteiger partial charge in [-0.2, -0.15) is 0 Å². The molecule has 0 bridgehead atoms. The molecule has 0 aliphatic carbocycles. The zero-order chi connectivity index (χ0) is 14.0. The monoisotopic (exact) mass is 261 g/mol. The van der Waals surface area contributed by atoms with Crippen molar-refractivity contribution in [2.75, 3.05) is 6.61 Å². The minimum atomic E-state index is -1.26. The first-order valence-electron chi connectivity index (χ1n) is 5.77. The minimum Gasteiger partial charge on any atom is -0.545 e. The molecule has 0 saturated heterocycles. The van der Waals surface area contributed by atoms with E-state index in [-0.39, 0.29) is 24.2 Å². The highest BCUT2D eigenvalue weighted by Crippen LogP contribution is 2.09. The van der Waals surface area contributed by atoms with Crippen LogP contribution in [0.5, 0.6) is 0 Å². The number of aromatic carboxylic acids is 1. The quantitative estimate of drug-likeness (QED) is 0.765. The summed E-state index contributed by atoms with van der Waals surface area (Å²) in [5, 5.41) is 22.4. The van der Waals surface area contributed by atoms with Gasteiger partial charge in [0.15, 0.2) is 0 Å². The molecule has 0 saturated carbocycles. The predicted molar refractivity (Wildman–Crippen MR) is 66.2 cm³/mol. The molecule has 6 nitrogen and oxygen atoms in total. The van der Waals surface area contributed by atoms with Gasteiger partial charge in [-0.1, -0.05) is 12.1 Å².